The summed E-state index contributed by atoms with van der Waals surface area (Å²) in [6.45, 7) is 0. The Morgan fingerprint density at radius 1 is 0.903 bits per heavy atom. The Kier molecular flexibility index (Phi) is 6.74. The molecule has 0 saturated heterocycles. The van der Waals surface area contributed by atoms with Crippen LogP contribution < -0.4 is 10.6 Å². The van der Waals surface area contributed by atoms with E-state index < -0.39 is 35.1 Å². The molecule has 0 aliphatic rings. The van der Waals surface area contributed by atoms with Gasteiger partial charge in [-0.1, -0.05) is 28.1 Å². The molecule has 3 aromatic carbocycles. The number of carbonyl (C=O) groups is 2. The molecule has 0 aromatic heterocycles. The summed E-state index contributed by atoms with van der Waals surface area (Å²) >= 11 is 3.27. The van der Waals surface area contributed by atoms with Gasteiger partial charge in [-0.15, -0.1) is 0 Å². The fourth-order valence-corrected chi connectivity index (χ4v) is 3.24. The van der Waals surface area contributed by atoms with Crippen molar-refractivity contribution in [3.8, 4) is 0 Å². The minimum Gasteiger partial charge on any atom is -0.325 e. The summed E-state index contributed by atoms with van der Waals surface area (Å²) in [4.78, 5) is 24.4. The number of hydrogen-bond donors (Lipinski definition) is 2. The first kappa shape index (κ1) is 22.5. The van der Waals surface area contributed by atoms with Gasteiger partial charge in [0.25, 0.3) is 5.91 Å². The zero-order chi connectivity index (χ0) is 22.6. The minimum atomic E-state index is -4.77. The number of anilines is 2. The maximum absolute atomic E-state index is 13.6. The predicted octanol–water partition coefficient (Wildman–Crippen LogP) is 6.04. The number of halogens is 5. The lowest BCUT2D eigenvalue weighted by Crippen LogP contribution is -2.19. The Balaban J connectivity index is 1.79. The molecule has 0 bridgehead atoms. The van der Waals surface area contributed by atoms with E-state index in [9.17, 15) is 27.2 Å². The molecule has 0 fully saturated rings. The van der Waals surface area contributed by atoms with Crippen molar-refractivity contribution in [2.45, 2.75) is 12.6 Å². The predicted molar refractivity (Wildman–Crippen MR) is 112 cm³/mol. The Hall–Kier alpha value is -3.20. The third-order valence-electron chi connectivity index (χ3n) is 4.22. The van der Waals surface area contributed by atoms with Crippen molar-refractivity contribution in [2.75, 3.05) is 10.6 Å². The Morgan fingerprint density at radius 3 is 2.26 bits per heavy atom. The smallest absolute Gasteiger partial charge is 0.325 e. The summed E-state index contributed by atoms with van der Waals surface area (Å²) in [5.41, 5.74) is -0.934. The second-order valence-corrected chi connectivity index (χ2v) is 7.49. The van der Waals surface area contributed by atoms with Crippen molar-refractivity contribution in [3.63, 3.8) is 0 Å². The van der Waals surface area contributed by atoms with Gasteiger partial charge in [0.1, 0.15) is 5.82 Å². The van der Waals surface area contributed by atoms with E-state index in [2.05, 4.69) is 26.6 Å². The van der Waals surface area contributed by atoms with E-state index in [0.29, 0.717) is 5.56 Å². The summed E-state index contributed by atoms with van der Waals surface area (Å²) < 4.78 is 54.4. The minimum absolute atomic E-state index is 0.0846. The summed E-state index contributed by atoms with van der Waals surface area (Å²) in [7, 11) is 0. The van der Waals surface area contributed by atoms with Gasteiger partial charge in [-0.2, -0.15) is 13.2 Å². The summed E-state index contributed by atoms with van der Waals surface area (Å²) in [5.74, 6) is -1.86. The molecule has 3 aromatic rings. The molecule has 0 heterocycles. The molecule has 2 N–H and O–H groups in total. The fourth-order valence-electron chi connectivity index (χ4n) is 2.80. The van der Waals surface area contributed by atoms with Gasteiger partial charge < -0.3 is 10.6 Å². The molecule has 0 aliphatic carbocycles. The lowest BCUT2D eigenvalue weighted by Gasteiger charge is -2.16. The van der Waals surface area contributed by atoms with Crippen LogP contribution in [0.4, 0.5) is 28.9 Å². The number of rotatable bonds is 5. The standard InChI is InChI=1S/C22H15BrF4N2O2/c23-15-3-1-2-13(10-15)11-20(30)29-19-9-8-17(12-18(19)22(25,26)27)28-21(31)14-4-6-16(24)7-5-14/h1-10,12H,11H2,(H,28,31)(H,29,30). The number of benzene rings is 3. The highest BCUT2D eigenvalue weighted by molar-refractivity contribution is 9.10. The van der Waals surface area contributed by atoms with Crippen LogP contribution >= 0.6 is 15.9 Å². The third kappa shape index (κ3) is 6.14. The Morgan fingerprint density at radius 2 is 1.61 bits per heavy atom. The van der Waals surface area contributed by atoms with E-state index in [1.54, 1.807) is 24.3 Å². The largest absolute Gasteiger partial charge is 0.418 e. The van der Waals surface area contributed by atoms with Crippen LogP contribution in [0.5, 0.6) is 0 Å². The van der Waals surface area contributed by atoms with Gasteiger partial charge in [0.05, 0.1) is 17.7 Å². The van der Waals surface area contributed by atoms with E-state index in [1.807, 2.05) is 0 Å². The first-order valence-corrected chi connectivity index (χ1v) is 9.73. The average Bonchev–Trinajstić information content (AvgIpc) is 2.68. The Bertz CT molecular complexity index is 1120. The van der Waals surface area contributed by atoms with Crippen molar-refractivity contribution in [1.29, 1.82) is 0 Å². The van der Waals surface area contributed by atoms with Crippen LogP contribution in [0.2, 0.25) is 0 Å². The summed E-state index contributed by atoms with van der Waals surface area (Å²) in [6.07, 6.45) is -4.88. The molecular weight excluding hydrogens is 480 g/mol. The third-order valence-corrected chi connectivity index (χ3v) is 4.71. The summed E-state index contributed by atoms with van der Waals surface area (Å²) in [6, 6.07) is 14.5. The van der Waals surface area contributed by atoms with E-state index >= 15 is 0 Å². The van der Waals surface area contributed by atoms with Crippen LogP contribution in [0.15, 0.2) is 71.2 Å². The number of hydrogen-bond acceptors (Lipinski definition) is 2. The zero-order valence-electron chi connectivity index (χ0n) is 15.8. The SMILES string of the molecule is O=C(Cc1cccc(Br)c1)Nc1ccc(NC(=O)c2ccc(F)cc2)cc1C(F)(F)F. The van der Waals surface area contributed by atoms with Gasteiger partial charge in [-0.05, 0) is 60.2 Å². The van der Waals surface area contributed by atoms with E-state index in [-0.39, 0.29) is 17.7 Å². The van der Waals surface area contributed by atoms with E-state index in [4.69, 9.17) is 0 Å². The molecule has 0 saturated carbocycles. The molecule has 0 atom stereocenters. The highest BCUT2D eigenvalue weighted by atomic mass is 79.9. The van der Waals surface area contributed by atoms with Crippen LogP contribution in [0, 0.1) is 5.82 Å². The van der Waals surface area contributed by atoms with E-state index in [1.165, 1.54) is 18.2 Å². The van der Waals surface area contributed by atoms with Gasteiger partial charge >= 0.3 is 6.18 Å². The van der Waals surface area contributed by atoms with Crippen molar-refractivity contribution >= 4 is 39.1 Å². The quantitative estimate of drug-likeness (QED) is 0.424. The topological polar surface area (TPSA) is 58.2 Å². The van der Waals surface area contributed by atoms with Crippen LogP contribution in [-0.2, 0) is 17.4 Å². The molecule has 160 valence electrons. The zero-order valence-corrected chi connectivity index (χ0v) is 17.4. The van der Waals surface area contributed by atoms with Crippen LogP contribution in [0.3, 0.4) is 0 Å². The van der Waals surface area contributed by atoms with Gasteiger partial charge in [-0.25, -0.2) is 4.39 Å². The normalized spacial score (nSPS) is 11.1. The molecular formula is C22H15BrF4N2O2. The molecule has 4 nitrogen and oxygen atoms in total. The fraction of sp³-hybridized carbons (Fsp3) is 0.0909. The van der Waals surface area contributed by atoms with Crippen molar-refractivity contribution < 1.29 is 27.2 Å². The van der Waals surface area contributed by atoms with Crippen molar-refractivity contribution in [1.82, 2.24) is 0 Å². The molecule has 31 heavy (non-hydrogen) atoms. The van der Waals surface area contributed by atoms with Crippen LogP contribution in [-0.4, -0.2) is 11.8 Å². The maximum Gasteiger partial charge on any atom is 0.418 e. The second kappa shape index (κ2) is 9.30. The maximum atomic E-state index is 13.6. The number of nitrogens with one attached hydrogen (secondary N) is 2. The molecule has 0 spiro atoms. The molecule has 0 aliphatic heterocycles. The first-order chi connectivity index (χ1) is 14.6. The Labute approximate surface area is 183 Å². The number of carbonyl (C=O) groups excluding carboxylic acids is 2. The van der Waals surface area contributed by atoms with E-state index in [0.717, 1.165) is 28.7 Å². The van der Waals surface area contributed by atoms with Gasteiger partial charge in [0, 0.05) is 15.7 Å². The van der Waals surface area contributed by atoms with Crippen molar-refractivity contribution in [2.24, 2.45) is 0 Å². The summed E-state index contributed by atoms with van der Waals surface area (Å²) in [5, 5.41) is 4.61. The van der Waals surface area contributed by atoms with Gasteiger partial charge in [0.15, 0.2) is 0 Å². The lowest BCUT2D eigenvalue weighted by molar-refractivity contribution is -0.136. The lowest BCUT2D eigenvalue weighted by atomic mass is 10.1. The monoisotopic (exact) mass is 494 g/mol. The highest BCUT2D eigenvalue weighted by Gasteiger charge is 2.34. The number of alkyl halides is 3. The average molecular weight is 495 g/mol. The molecule has 2 amide bonds. The molecule has 0 unspecified atom stereocenters. The highest BCUT2D eigenvalue weighted by Crippen LogP contribution is 2.36. The van der Waals surface area contributed by atoms with Gasteiger partial charge in [0.2, 0.25) is 5.91 Å². The van der Waals surface area contributed by atoms with Crippen LogP contribution in [0.25, 0.3) is 0 Å². The van der Waals surface area contributed by atoms with Crippen molar-refractivity contribution in [3.05, 3.63) is 93.7 Å². The number of amides is 2. The molecule has 9 heteroatoms. The van der Waals surface area contributed by atoms with Crippen LogP contribution in [0.1, 0.15) is 21.5 Å². The molecule has 3 rings (SSSR count). The van der Waals surface area contributed by atoms with Gasteiger partial charge in [-0.3, -0.25) is 9.59 Å². The second-order valence-electron chi connectivity index (χ2n) is 6.57. The first-order valence-electron chi connectivity index (χ1n) is 8.94. The molecule has 0 radical (unpaired) electrons.